The lowest BCUT2D eigenvalue weighted by Gasteiger charge is -2.42. The Bertz CT molecular complexity index is 1930. The minimum atomic E-state index is -0.787. The number of phenols is 2. The van der Waals surface area contributed by atoms with E-state index >= 15 is 0 Å². The van der Waals surface area contributed by atoms with E-state index in [0.717, 1.165) is 0 Å². The summed E-state index contributed by atoms with van der Waals surface area (Å²) in [6, 6.07) is 5.58. The fraction of sp³-hybridized carbons (Fsp3) is 0.333. The normalized spacial score (nSPS) is 18.8. The zero-order valence-corrected chi connectivity index (χ0v) is 23.9. The van der Waals surface area contributed by atoms with Crippen LogP contribution in [0.2, 0.25) is 0 Å². The Hall–Kier alpha value is -4.46. The van der Waals surface area contributed by atoms with Crippen LogP contribution < -0.4 is 20.7 Å². The van der Waals surface area contributed by atoms with Crippen molar-refractivity contribution in [3.63, 3.8) is 0 Å². The van der Waals surface area contributed by atoms with Gasteiger partial charge in [0.25, 0.3) is 0 Å². The molecule has 2 aliphatic heterocycles. The molecule has 4 heterocycles. The standard InChI is InChI=1S/C33H32O8/c1-8-31(2,3)24-29-17(10-12-21(35)39-29)26(37)22-19(15-33(6,7)41-30(22)24)23-27-16(9-11-20(34)38-27)25(36)18-13-14-32(4,5)40-28(18)23/h8-14,19,36-37H,1,15H2,2-7H3. The number of fused-ring (bicyclic) bond motifs is 4. The molecule has 212 valence electrons. The molecule has 0 amide bonds. The zero-order valence-electron chi connectivity index (χ0n) is 23.9. The number of hydrogen-bond acceptors (Lipinski definition) is 8. The van der Waals surface area contributed by atoms with Gasteiger partial charge in [-0.05, 0) is 58.4 Å². The third-order valence-corrected chi connectivity index (χ3v) is 8.06. The first-order valence-corrected chi connectivity index (χ1v) is 13.5. The average Bonchev–Trinajstić information content (AvgIpc) is 2.87. The molecule has 0 spiro atoms. The van der Waals surface area contributed by atoms with Crippen molar-refractivity contribution in [2.24, 2.45) is 0 Å². The van der Waals surface area contributed by atoms with Crippen LogP contribution in [0.4, 0.5) is 0 Å². The van der Waals surface area contributed by atoms with E-state index in [4.69, 9.17) is 18.3 Å². The molecule has 8 nitrogen and oxygen atoms in total. The van der Waals surface area contributed by atoms with E-state index < -0.39 is 33.8 Å². The molecule has 0 saturated heterocycles. The van der Waals surface area contributed by atoms with Crippen LogP contribution in [0.1, 0.15) is 76.1 Å². The fourth-order valence-corrected chi connectivity index (χ4v) is 6.02. The smallest absolute Gasteiger partial charge is 0.336 e. The van der Waals surface area contributed by atoms with Gasteiger partial charge in [-0.15, -0.1) is 6.58 Å². The molecule has 2 aromatic carbocycles. The predicted molar refractivity (Wildman–Crippen MR) is 156 cm³/mol. The van der Waals surface area contributed by atoms with Crippen LogP contribution in [0.5, 0.6) is 23.0 Å². The Morgan fingerprint density at radius 1 is 0.878 bits per heavy atom. The Kier molecular flexibility index (Phi) is 5.56. The van der Waals surface area contributed by atoms with E-state index in [1.165, 1.54) is 24.3 Å². The number of rotatable bonds is 3. The van der Waals surface area contributed by atoms with Gasteiger partial charge < -0.3 is 28.5 Å². The van der Waals surface area contributed by atoms with Crippen molar-refractivity contribution in [3.8, 4) is 23.0 Å². The number of benzene rings is 2. The molecule has 1 unspecified atom stereocenters. The lowest BCUT2D eigenvalue weighted by Crippen LogP contribution is -2.37. The van der Waals surface area contributed by atoms with E-state index in [-0.39, 0.29) is 22.7 Å². The Morgan fingerprint density at radius 3 is 2.12 bits per heavy atom. The molecule has 2 aliphatic rings. The summed E-state index contributed by atoms with van der Waals surface area (Å²) in [6.45, 7) is 15.5. The van der Waals surface area contributed by atoms with Crippen molar-refractivity contribution >= 4 is 28.0 Å². The number of phenolic OH excluding ortho intramolecular Hbond substituents is 2. The van der Waals surface area contributed by atoms with E-state index in [0.29, 0.717) is 50.9 Å². The maximum Gasteiger partial charge on any atom is 0.336 e. The number of allylic oxidation sites excluding steroid dienone is 1. The zero-order chi connectivity index (χ0) is 29.6. The molecule has 8 heteroatoms. The molecular formula is C33H32O8. The van der Waals surface area contributed by atoms with E-state index in [2.05, 4.69) is 6.58 Å². The lowest BCUT2D eigenvalue weighted by molar-refractivity contribution is 0.0732. The highest BCUT2D eigenvalue weighted by Crippen LogP contribution is 2.59. The van der Waals surface area contributed by atoms with Crippen molar-refractivity contribution in [2.45, 2.75) is 70.5 Å². The van der Waals surface area contributed by atoms with Gasteiger partial charge in [-0.3, -0.25) is 0 Å². The first kappa shape index (κ1) is 26.7. The van der Waals surface area contributed by atoms with Crippen LogP contribution in [0.25, 0.3) is 28.0 Å². The lowest BCUT2D eigenvalue weighted by atomic mass is 9.73. The molecule has 0 fully saturated rings. The molecule has 2 N–H and O–H groups in total. The summed E-state index contributed by atoms with van der Waals surface area (Å²) < 4.78 is 24.5. The van der Waals surface area contributed by atoms with Gasteiger partial charge in [-0.1, -0.05) is 19.9 Å². The minimum absolute atomic E-state index is 0.0706. The number of ether oxygens (including phenoxy) is 2. The average molecular weight is 557 g/mol. The van der Waals surface area contributed by atoms with Gasteiger partial charge in [0, 0.05) is 40.2 Å². The predicted octanol–water partition coefficient (Wildman–Crippen LogP) is 6.65. The Balaban J connectivity index is 1.83. The summed E-state index contributed by atoms with van der Waals surface area (Å²) in [5.74, 6) is -0.0989. The topological polar surface area (TPSA) is 119 Å². The second-order valence-corrected chi connectivity index (χ2v) is 12.5. The van der Waals surface area contributed by atoms with Crippen LogP contribution >= 0.6 is 0 Å². The van der Waals surface area contributed by atoms with Crippen LogP contribution in [0.15, 0.2) is 61.4 Å². The summed E-state index contributed by atoms with van der Waals surface area (Å²) in [5, 5.41) is 23.8. The highest BCUT2D eigenvalue weighted by Gasteiger charge is 2.45. The first-order valence-electron chi connectivity index (χ1n) is 13.5. The summed E-state index contributed by atoms with van der Waals surface area (Å²) in [5.41, 5.74) is -1.08. The second kappa shape index (κ2) is 8.52. The molecule has 4 aromatic rings. The van der Waals surface area contributed by atoms with E-state index in [1.54, 1.807) is 12.2 Å². The Labute approximate surface area is 236 Å². The van der Waals surface area contributed by atoms with Crippen molar-refractivity contribution in [1.29, 1.82) is 0 Å². The van der Waals surface area contributed by atoms with Crippen molar-refractivity contribution in [2.75, 3.05) is 0 Å². The van der Waals surface area contributed by atoms with E-state index in [9.17, 15) is 19.8 Å². The molecule has 0 bridgehead atoms. The maximum absolute atomic E-state index is 12.6. The van der Waals surface area contributed by atoms with Gasteiger partial charge in [-0.25, -0.2) is 9.59 Å². The molecular weight excluding hydrogens is 524 g/mol. The maximum atomic E-state index is 12.6. The van der Waals surface area contributed by atoms with Gasteiger partial charge in [0.05, 0.1) is 16.3 Å². The van der Waals surface area contributed by atoms with Crippen LogP contribution in [-0.2, 0) is 5.41 Å². The third kappa shape index (κ3) is 4.04. The van der Waals surface area contributed by atoms with Crippen LogP contribution in [-0.4, -0.2) is 21.4 Å². The highest BCUT2D eigenvalue weighted by molar-refractivity contribution is 5.96. The van der Waals surface area contributed by atoms with Gasteiger partial charge >= 0.3 is 11.3 Å². The van der Waals surface area contributed by atoms with Crippen LogP contribution in [0.3, 0.4) is 0 Å². The Morgan fingerprint density at radius 2 is 1.49 bits per heavy atom. The summed E-state index contributed by atoms with van der Waals surface area (Å²) in [6.07, 6.45) is 5.75. The van der Waals surface area contributed by atoms with Gasteiger partial charge in [0.1, 0.15) is 45.4 Å². The fourth-order valence-electron chi connectivity index (χ4n) is 6.02. The van der Waals surface area contributed by atoms with Crippen LogP contribution in [0, 0.1) is 0 Å². The molecule has 0 aliphatic carbocycles. The molecule has 0 saturated carbocycles. The van der Waals surface area contributed by atoms with Gasteiger partial charge in [-0.2, -0.15) is 0 Å². The molecule has 6 rings (SSSR count). The largest absolute Gasteiger partial charge is 0.507 e. The summed E-state index contributed by atoms with van der Waals surface area (Å²) in [7, 11) is 0. The molecule has 2 aromatic heterocycles. The second-order valence-electron chi connectivity index (χ2n) is 12.5. The monoisotopic (exact) mass is 556 g/mol. The van der Waals surface area contributed by atoms with E-state index in [1.807, 2.05) is 47.6 Å². The highest BCUT2D eigenvalue weighted by atomic mass is 16.5. The van der Waals surface area contributed by atoms with Crippen molar-refractivity contribution in [3.05, 3.63) is 86.1 Å². The number of aromatic hydroxyl groups is 2. The summed E-state index contributed by atoms with van der Waals surface area (Å²) >= 11 is 0. The van der Waals surface area contributed by atoms with Gasteiger partial charge in [0.2, 0.25) is 0 Å². The van der Waals surface area contributed by atoms with Crippen molar-refractivity contribution < 1.29 is 28.5 Å². The molecule has 41 heavy (non-hydrogen) atoms. The minimum Gasteiger partial charge on any atom is -0.507 e. The SMILES string of the molecule is C=CC(C)(C)c1c2c(c(O)c3ccc(=O)oc13)C(c1c3c(c(O)c4ccc(=O)oc14)C=CC(C)(C)O3)CC(C)(C)O2. The van der Waals surface area contributed by atoms with Gasteiger partial charge in [0.15, 0.2) is 0 Å². The van der Waals surface area contributed by atoms with Crippen molar-refractivity contribution in [1.82, 2.24) is 0 Å². The first-order chi connectivity index (χ1) is 19.1. The quantitative estimate of drug-likeness (QED) is 0.213. The molecule has 1 atom stereocenters. The number of hydrogen-bond donors (Lipinski definition) is 2. The summed E-state index contributed by atoms with van der Waals surface area (Å²) in [4.78, 5) is 24.9. The molecule has 0 radical (unpaired) electrons. The third-order valence-electron chi connectivity index (χ3n) is 8.06.